The monoisotopic (exact) mass is 458 g/mol. The lowest BCUT2D eigenvalue weighted by atomic mass is 9.97. The largest absolute Gasteiger partial charge is 0.507 e. The first-order valence-corrected chi connectivity index (χ1v) is 11.0. The van der Waals surface area contributed by atoms with Gasteiger partial charge in [-0.3, -0.25) is 19.5 Å². The maximum absolute atomic E-state index is 13.3. The summed E-state index contributed by atoms with van der Waals surface area (Å²) in [7, 11) is 1.49. The number of ether oxygens (including phenoxy) is 2. The molecule has 0 aliphatic carbocycles. The van der Waals surface area contributed by atoms with Crippen molar-refractivity contribution in [3.05, 3.63) is 89.3 Å². The Balaban J connectivity index is 1.90. The Labute approximate surface area is 198 Å². The van der Waals surface area contributed by atoms with Crippen LogP contribution in [0.15, 0.2) is 72.4 Å². The lowest BCUT2D eigenvalue weighted by Crippen LogP contribution is -2.30. The number of carbonyl (C=O) groups excluding carboxylic acids is 2. The van der Waals surface area contributed by atoms with Crippen LogP contribution in [-0.2, 0) is 9.59 Å². The third kappa shape index (κ3) is 4.12. The van der Waals surface area contributed by atoms with Crippen LogP contribution in [-0.4, -0.2) is 35.0 Å². The van der Waals surface area contributed by atoms with E-state index in [1.807, 2.05) is 20.8 Å². The molecule has 7 heteroatoms. The molecule has 0 radical (unpaired) electrons. The molecule has 1 saturated heterocycles. The Morgan fingerprint density at radius 3 is 2.41 bits per heavy atom. The first-order valence-electron chi connectivity index (χ1n) is 11.0. The van der Waals surface area contributed by atoms with Gasteiger partial charge in [0, 0.05) is 11.8 Å². The molecule has 1 fully saturated rings. The van der Waals surface area contributed by atoms with Gasteiger partial charge in [0.1, 0.15) is 23.3 Å². The average Bonchev–Trinajstić information content (AvgIpc) is 3.10. The number of hydrogen-bond donors (Lipinski definition) is 1. The van der Waals surface area contributed by atoms with Crippen LogP contribution in [0, 0.1) is 6.92 Å². The molecular weight excluding hydrogens is 432 g/mol. The fourth-order valence-electron chi connectivity index (χ4n) is 4.07. The molecule has 4 rings (SSSR count). The fourth-order valence-corrected chi connectivity index (χ4v) is 4.07. The van der Waals surface area contributed by atoms with Gasteiger partial charge < -0.3 is 14.6 Å². The molecule has 0 spiro atoms. The number of amides is 1. The summed E-state index contributed by atoms with van der Waals surface area (Å²) >= 11 is 0. The van der Waals surface area contributed by atoms with Crippen molar-refractivity contribution in [3.8, 4) is 11.5 Å². The number of anilines is 1. The number of hydrogen-bond acceptors (Lipinski definition) is 6. The predicted molar refractivity (Wildman–Crippen MR) is 129 cm³/mol. The van der Waals surface area contributed by atoms with Crippen molar-refractivity contribution in [3.63, 3.8) is 0 Å². The highest BCUT2D eigenvalue weighted by atomic mass is 16.5. The molecule has 1 aliphatic heterocycles. The molecule has 7 nitrogen and oxygen atoms in total. The highest BCUT2D eigenvalue weighted by molar-refractivity contribution is 6.51. The third-order valence-corrected chi connectivity index (χ3v) is 5.57. The number of rotatable bonds is 6. The van der Waals surface area contributed by atoms with Crippen LogP contribution in [0.3, 0.4) is 0 Å². The van der Waals surface area contributed by atoms with Gasteiger partial charge in [0.25, 0.3) is 11.7 Å². The number of nitrogens with zero attached hydrogens (tertiary/aromatic N) is 2. The normalized spacial score (nSPS) is 17.3. The number of aromatic nitrogens is 1. The number of methoxy groups -OCH3 is 1. The molecule has 34 heavy (non-hydrogen) atoms. The number of carbonyl (C=O) groups is 2. The summed E-state index contributed by atoms with van der Waals surface area (Å²) in [4.78, 5) is 32.3. The first kappa shape index (κ1) is 23.0. The maximum atomic E-state index is 13.3. The van der Waals surface area contributed by atoms with Crippen molar-refractivity contribution in [2.24, 2.45) is 0 Å². The lowest BCUT2D eigenvalue weighted by molar-refractivity contribution is -0.132. The molecule has 3 aromatic rings. The minimum Gasteiger partial charge on any atom is -0.507 e. The first-order chi connectivity index (χ1) is 16.3. The molecule has 0 saturated carbocycles. The Morgan fingerprint density at radius 2 is 1.76 bits per heavy atom. The van der Waals surface area contributed by atoms with Crippen LogP contribution < -0.4 is 14.4 Å². The van der Waals surface area contributed by atoms with Crippen LogP contribution >= 0.6 is 0 Å². The molecule has 1 unspecified atom stereocenters. The van der Waals surface area contributed by atoms with E-state index in [4.69, 9.17) is 9.47 Å². The van der Waals surface area contributed by atoms with E-state index in [9.17, 15) is 14.7 Å². The maximum Gasteiger partial charge on any atom is 0.300 e. The van der Waals surface area contributed by atoms with Crippen LogP contribution in [0.2, 0.25) is 0 Å². The van der Waals surface area contributed by atoms with Crippen molar-refractivity contribution in [2.75, 3.05) is 12.0 Å². The third-order valence-electron chi connectivity index (χ3n) is 5.57. The van der Waals surface area contributed by atoms with Gasteiger partial charge in [-0.2, -0.15) is 0 Å². The number of aryl methyl sites for hydroxylation is 1. The molecule has 1 atom stereocenters. The van der Waals surface area contributed by atoms with Gasteiger partial charge in [0.05, 0.1) is 30.2 Å². The van der Waals surface area contributed by atoms with Gasteiger partial charge >= 0.3 is 0 Å². The van der Waals surface area contributed by atoms with E-state index < -0.39 is 17.7 Å². The summed E-state index contributed by atoms with van der Waals surface area (Å²) in [6.45, 7) is 5.72. The Bertz CT molecular complexity index is 1270. The van der Waals surface area contributed by atoms with Gasteiger partial charge in [0.15, 0.2) is 0 Å². The highest BCUT2D eigenvalue weighted by Gasteiger charge is 2.48. The summed E-state index contributed by atoms with van der Waals surface area (Å²) in [5, 5.41) is 11.3. The van der Waals surface area contributed by atoms with Crippen LogP contribution in [0.4, 0.5) is 5.69 Å². The van der Waals surface area contributed by atoms with E-state index in [-0.39, 0.29) is 17.4 Å². The zero-order valence-corrected chi connectivity index (χ0v) is 19.5. The van der Waals surface area contributed by atoms with E-state index in [1.165, 1.54) is 12.0 Å². The molecule has 2 aromatic carbocycles. The van der Waals surface area contributed by atoms with Gasteiger partial charge in [-0.15, -0.1) is 0 Å². The number of Topliss-reactive ketones (excluding diaryl/α,β-unsaturated/α-hetero) is 1. The van der Waals surface area contributed by atoms with Crippen LogP contribution in [0.25, 0.3) is 5.76 Å². The number of pyridine rings is 1. The van der Waals surface area contributed by atoms with Crippen molar-refractivity contribution in [1.82, 2.24) is 4.98 Å². The smallest absolute Gasteiger partial charge is 0.300 e. The van der Waals surface area contributed by atoms with Crippen LogP contribution in [0.1, 0.15) is 36.7 Å². The number of ketones is 1. The molecule has 1 amide bonds. The quantitative estimate of drug-likeness (QED) is 0.324. The zero-order valence-electron chi connectivity index (χ0n) is 19.5. The molecule has 174 valence electrons. The fraction of sp³-hybridized carbons (Fsp3) is 0.222. The van der Waals surface area contributed by atoms with E-state index in [1.54, 1.807) is 66.9 Å². The highest BCUT2D eigenvalue weighted by Crippen LogP contribution is 2.44. The van der Waals surface area contributed by atoms with Crippen molar-refractivity contribution < 1.29 is 24.2 Å². The van der Waals surface area contributed by atoms with Crippen molar-refractivity contribution >= 4 is 23.1 Å². The summed E-state index contributed by atoms with van der Waals surface area (Å²) in [5.41, 5.74) is 2.04. The second-order valence-electron chi connectivity index (χ2n) is 8.24. The second-order valence-corrected chi connectivity index (χ2v) is 8.24. The van der Waals surface area contributed by atoms with E-state index in [0.717, 1.165) is 5.56 Å². The second kappa shape index (κ2) is 9.39. The molecule has 0 bridgehead atoms. The topological polar surface area (TPSA) is 89.0 Å². The molecular formula is C27H26N2O5. The van der Waals surface area contributed by atoms with Crippen molar-refractivity contribution in [2.45, 2.75) is 32.9 Å². The van der Waals surface area contributed by atoms with Gasteiger partial charge in [-0.05, 0) is 68.8 Å². The zero-order chi connectivity index (χ0) is 24.4. The summed E-state index contributed by atoms with van der Waals surface area (Å²) in [6.07, 6.45) is 1.58. The Morgan fingerprint density at radius 1 is 1.03 bits per heavy atom. The van der Waals surface area contributed by atoms with E-state index in [0.29, 0.717) is 28.4 Å². The standard InChI is InChI=1S/C27H26N2O5/c1-16(2)34-21-13-12-18(15-17(21)3)25(30)23-24(19-9-7-8-14-28-19)29(27(32)26(23)31)20-10-5-6-11-22(20)33-4/h5-16,24,30H,1-4H3/b25-23-. The molecule has 1 N–H and O–H groups in total. The minimum absolute atomic E-state index is 0.00604. The van der Waals surface area contributed by atoms with Gasteiger partial charge in [-0.25, -0.2) is 0 Å². The summed E-state index contributed by atoms with van der Waals surface area (Å²) < 4.78 is 11.2. The van der Waals surface area contributed by atoms with Crippen LogP contribution in [0.5, 0.6) is 11.5 Å². The summed E-state index contributed by atoms with van der Waals surface area (Å²) in [6, 6.07) is 16.4. The number of aliphatic hydroxyl groups excluding tert-OH is 1. The van der Waals surface area contributed by atoms with Gasteiger partial charge in [-0.1, -0.05) is 18.2 Å². The summed E-state index contributed by atoms with van der Waals surface area (Å²) in [5.74, 6) is -0.721. The lowest BCUT2D eigenvalue weighted by Gasteiger charge is -2.26. The van der Waals surface area contributed by atoms with Crippen molar-refractivity contribution in [1.29, 1.82) is 0 Å². The Hall–Kier alpha value is -4.13. The minimum atomic E-state index is -0.926. The molecule has 2 heterocycles. The number of para-hydroxylation sites is 2. The van der Waals surface area contributed by atoms with Gasteiger partial charge in [0.2, 0.25) is 0 Å². The Kier molecular flexibility index (Phi) is 6.36. The molecule has 1 aromatic heterocycles. The number of aliphatic hydroxyl groups is 1. The molecule has 1 aliphatic rings. The average molecular weight is 459 g/mol. The predicted octanol–water partition coefficient (Wildman–Crippen LogP) is 4.81. The van der Waals surface area contributed by atoms with E-state index >= 15 is 0 Å². The SMILES string of the molecule is COc1ccccc1N1C(=O)C(=O)/C(=C(\O)c2ccc(OC(C)C)c(C)c2)C1c1ccccn1. The number of benzene rings is 2. The van der Waals surface area contributed by atoms with E-state index in [2.05, 4.69) is 4.98 Å².